The monoisotopic (exact) mass is 403 g/mol. The van der Waals surface area contributed by atoms with Crippen LogP contribution in [-0.2, 0) is 27.3 Å². The lowest BCUT2D eigenvalue weighted by Gasteiger charge is -2.14. The van der Waals surface area contributed by atoms with Crippen LogP contribution in [0.3, 0.4) is 0 Å². The second kappa shape index (κ2) is 10.3. The normalized spacial score (nSPS) is 11.4. The summed E-state index contributed by atoms with van der Waals surface area (Å²) in [4.78, 5) is 24.4. The van der Waals surface area contributed by atoms with Crippen LogP contribution in [0.25, 0.3) is 11.1 Å². The van der Waals surface area contributed by atoms with Crippen molar-refractivity contribution in [2.45, 2.75) is 26.0 Å². The van der Waals surface area contributed by atoms with Crippen LogP contribution < -0.4 is 10.1 Å². The average Bonchev–Trinajstić information content (AvgIpc) is 2.78. The molecule has 0 heterocycles. The largest absolute Gasteiger partial charge is 0.497 e. The highest BCUT2D eigenvalue weighted by Gasteiger charge is 2.17. The molecule has 0 aliphatic rings. The lowest BCUT2D eigenvalue weighted by atomic mass is 10.0. The molecule has 3 aromatic rings. The summed E-state index contributed by atoms with van der Waals surface area (Å²) in [6, 6.07) is 25.2. The Balaban J connectivity index is 1.47. The van der Waals surface area contributed by atoms with Crippen molar-refractivity contribution in [3.63, 3.8) is 0 Å². The first-order valence-electron chi connectivity index (χ1n) is 9.79. The Hall–Kier alpha value is -3.60. The van der Waals surface area contributed by atoms with Gasteiger partial charge in [0.15, 0.2) is 6.10 Å². The second-order valence-electron chi connectivity index (χ2n) is 6.94. The second-order valence-corrected chi connectivity index (χ2v) is 6.94. The van der Waals surface area contributed by atoms with Gasteiger partial charge in [0.25, 0.3) is 5.91 Å². The van der Waals surface area contributed by atoms with Gasteiger partial charge in [-0.2, -0.15) is 0 Å². The Morgan fingerprint density at radius 3 is 2.07 bits per heavy atom. The van der Waals surface area contributed by atoms with Crippen molar-refractivity contribution in [3.8, 4) is 16.9 Å². The molecule has 3 rings (SSSR count). The zero-order valence-electron chi connectivity index (χ0n) is 17.1. The molecule has 5 nitrogen and oxygen atoms in total. The molecule has 1 atom stereocenters. The summed E-state index contributed by atoms with van der Waals surface area (Å²) in [6.45, 7) is 1.92. The SMILES string of the molecule is COc1ccc(CNC(=O)[C@@H](C)OC(=O)Cc2ccc(-c3ccccc3)cc2)cc1. The van der Waals surface area contributed by atoms with E-state index in [-0.39, 0.29) is 12.3 Å². The third-order valence-corrected chi connectivity index (χ3v) is 4.71. The van der Waals surface area contributed by atoms with Crippen LogP contribution in [0.2, 0.25) is 0 Å². The van der Waals surface area contributed by atoms with Crippen molar-refractivity contribution in [1.29, 1.82) is 0 Å². The van der Waals surface area contributed by atoms with E-state index in [4.69, 9.17) is 9.47 Å². The smallest absolute Gasteiger partial charge is 0.311 e. The molecule has 0 radical (unpaired) electrons. The predicted molar refractivity (Wildman–Crippen MR) is 116 cm³/mol. The molecule has 0 aliphatic carbocycles. The first-order chi connectivity index (χ1) is 14.5. The van der Waals surface area contributed by atoms with Crippen LogP contribution in [0.5, 0.6) is 5.75 Å². The number of ether oxygens (including phenoxy) is 2. The average molecular weight is 403 g/mol. The summed E-state index contributed by atoms with van der Waals surface area (Å²) < 4.78 is 10.4. The number of benzene rings is 3. The summed E-state index contributed by atoms with van der Waals surface area (Å²) >= 11 is 0. The molecular weight excluding hydrogens is 378 g/mol. The number of hydrogen-bond donors (Lipinski definition) is 1. The minimum Gasteiger partial charge on any atom is -0.497 e. The van der Waals surface area contributed by atoms with E-state index in [9.17, 15) is 9.59 Å². The molecule has 3 aromatic carbocycles. The molecule has 1 N–H and O–H groups in total. The number of hydrogen-bond acceptors (Lipinski definition) is 4. The standard InChI is InChI=1S/C25H25NO4/c1-18(25(28)26-17-20-10-14-23(29-2)15-11-20)30-24(27)16-19-8-12-22(13-9-19)21-6-4-3-5-7-21/h3-15,18H,16-17H2,1-2H3,(H,26,28)/t18-/m1/s1. The van der Waals surface area contributed by atoms with Crippen molar-refractivity contribution in [2.24, 2.45) is 0 Å². The zero-order valence-corrected chi connectivity index (χ0v) is 17.1. The quantitative estimate of drug-likeness (QED) is 0.574. The van der Waals surface area contributed by atoms with E-state index in [1.807, 2.05) is 78.9 Å². The first kappa shape index (κ1) is 21.1. The minimum absolute atomic E-state index is 0.116. The fraction of sp³-hybridized carbons (Fsp3) is 0.200. The molecule has 0 saturated heterocycles. The van der Waals surface area contributed by atoms with Gasteiger partial charge < -0.3 is 14.8 Å². The Kier molecular flexibility index (Phi) is 7.22. The van der Waals surface area contributed by atoms with Gasteiger partial charge >= 0.3 is 5.97 Å². The topological polar surface area (TPSA) is 64.6 Å². The summed E-state index contributed by atoms with van der Waals surface area (Å²) in [6.07, 6.45) is -0.745. The first-order valence-corrected chi connectivity index (χ1v) is 9.79. The van der Waals surface area contributed by atoms with Gasteiger partial charge in [0.05, 0.1) is 13.5 Å². The lowest BCUT2D eigenvalue weighted by molar-refractivity contribution is -0.154. The van der Waals surface area contributed by atoms with Gasteiger partial charge in [-0.3, -0.25) is 9.59 Å². The third kappa shape index (κ3) is 5.95. The molecule has 0 fully saturated rings. The molecule has 0 spiro atoms. The van der Waals surface area contributed by atoms with E-state index >= 15 is 0 Å². The Bertz CT molecular complexity index is 966. The van der Waals surface area contributed by atoms with E-state index in [1.165, 1.54) is 0 Å². The van der Waals surface area contributed by atoms with E-state index in [0.29, 0.717) is 6.54 Å². The number of methoxy groups -OCH3 is 1. The number of esters is 1. The maximum Gasteiger partial charge on any atom is 0.311 e. The highest BCUT2D eigenvalue weighted by atomic mass is 16.5. The van der Waals surface area contributed by atoms with Crippen molar-refractivity contribution < 1.29 is 19.1 Å². The van der Waals surface area contributed by atoms with Gasteiger partial charge in [-0.15, -0.1) is 0 Å². The number of amides is 1. The maximum atomic E-state index is 12.2. The predicted octanol–water partition coefficient (Wildman–Crippen LogP) is 4.15. The van der Waals surface area contributed by atoms with Crippen LogP contribution in [0.15, 0.2) is 78.9 Å². The molecule has 0 aliphatic heterocycles. The van der Waals surface area contributed by atoms with E-state index in [2.05, 4.69) is 5.32 Å². The summed E-state index contributed by atoms with van der Waals surface area (Å²) in [5.41, 5.74) is 3.97. The molecular formula is C25H25NO4. The fourth-order valence-corrected chi connectivity index (χ4v) is 2.98. The molecule has 5 heteroatoms. The number of carbonyl (C=O) groups excluding carboxylic acids is 2. The van der Waals surface area contributed by atoms with Crippen LogP contribution in [-0.4, -0.2) is 25.1 Å². The molecule has 30 heavy (non-hydrogen) atoms. The lowest BCUT2D eigenvalue weighted by Crippen LogP contribution is -2.35. The van der Waals surface area contributed by atoms with Crippen LogP contribution in [0.4, 0.5) is 0 Å². The highest BCUT2D eigenvalue weighted by molar-refractivity contribution is 5.84. The number of carbonyl (C=O) groups is 2. The third-order valence-electron chi connectivity index (χ3n) is 4.71. The van der Waals surface area contributed by atoms with Crippen molar-refractivity contribution in [1.82, 2.24) is 5.32 Å². The molecule has 154 valence electrons. The van der Waals surface area contributed by atoms with Crippen LogP contribution >= 0.6 is 0 Å². The Labute approximate surface area is 176 Å². The van der Waals surface area contributed by atoms with Gasteiger partial charge in [-0.05, 0) is 41.3 Å². The van der Waals surface area contributed by atoms with E-state index in [0.717, 1.165) is 28.0 Å². The van der Waals surface area contributed by atoms with Crippen LogP contribution in [0.1, 0.15) is 18.1 Å². The summed E-state index contributed by atoms with van der Waals surface area (Å²) in [5.74, 6) is -0.0164. The van der Waals surface area contributed by atoms with E-state index in [1.54, 1.807) is 14.0 Å². The molecule has 0 unspecified atom stereocenters. The van der Waals surface area contributed by atoms with Gasteiger partial charge in [0.2, 0.25) is 0 Å². The molecule has 1 amide bonds. The molecule has 0 saturated carbocycles. The Morgan fingerprint density at radius 1 is 0.833 bits per heavy atom. The van der Waals surface area contributed by atoms with Crippen molar-refractivity contribution in [2.75, 3.05) is 7.11 Å². The Morgan fingerprint density at radius 2 is 1.43 bits per heavy atom. The highest BCUT2D eigenvalue weighted by Crippen LogP contribution is 2.19. The molecule has 0 bridgehead atoms. The summed E-state index contributed by atoms with van der Waals surface area (Å²) in [5, 5.41) is 2.77. The molecule has 0 aromatic heterocycles. The number of nitrogens with one attached hydrogen (secondary N) is 1. The zero-order chi connectivity index (χ0) is 21.3. The van der Waals surface area contributed by atoms with Gasteiger partial charge in [-0.1, -0.05) is 66.7 Å². The van der Waals surface area contributed by atoms with Gasteiger partial charge in [0, 0.05) is 6.54 Å². The van der Waals surface area contributed by atoms with Gasteiger partial charge in [-0.25, -0.2) is 0 Å². The van der Waals surface area contributed by atoms with Crippen molar-refractivity contribution in [3.05, 3.63) is 90.0 Å². The fourth-order valence-electron chi connectivity index (χ4n) is 2.98. The maximum absolute atomic E-state index is 12.2. The summed E-state index contributed by atoms with van der Waals surface area (Å²) in [7, 11) is 1.60. The number of rotatable bonds is 8. The van der Waals surface area contributed by atoms with E-state index < -0.39 is 12.1 Å². The van der Waals surface area contributed by atoms with Crippen molar-refractivity contribution >= 4 is 11.9 Å². The minimum atomic E-state index is -0.862. The van der Waals surface area contributed by atoms with Crippen LogP contribution in [0, 0.1) is 0 Å². The van der Waals surface area contributed by atoms with Gasteiger partial charge in [0.1, 0.15) is 5.75 Å².